The Morgan fingerprint density at radius 3 is 2.70 bits per heavy atom. The van der Waals surface area contributed by atoms with E-state index in [0.29, 0.717) is 36.2 Å². The van der Waals surface area contributed by atoms with Crippen molar-refractivity contribution < 1.29 is 9.59 Å². The normalized spacial score (nSPS) is 22.1. The second-order valence-corrected chi connectivity index (χ2v) is 7.88. The highest BCUT2D eigenvalue weighted by Crippen LogP contribution is 2.29. The molecule has 2 atom stereocenters. The van der Waals surface area contributed by atoms with E-state index in [0.717, 1.165) is 38.0 Å². The summed E-state index contributed by atoms with van der Waals surface area (Å²) in [6.45, 7) is 4.85. The predicted octanol–water partition coefficient (Wildman–Crippen LogP) is 3.40. The van der Waals surface area contributed by atoms with Crippen molar-refractivity contribution in [2.45, 2.75) is 45.1 Å². The fourth-order valence-corrected chi connectivity index (χ4v) is 4.28. The molecule has 1 aromatic carbocycles. The lowest BCUT2D eigenvalue weighted by atomic mass is 9.84. The van der Waals surface area contributed by atoms with Gasteiger partial charge in [0.2, 0.25) is 11.8 Å². The van der Waals surface area contributed by atoms with Crippen molar-refractivity contribution in [3.05, 3.63) is 29.3 Å². The minimum atomic E-state index is -0.451. The van der Waals surface area contributed by atoms with Crippen LogP contribution in [-0.4, -0.2) is 37.5 Å². The van der Waals surface area contributed by atoms with E-state index in [1.165, 1.54) is 0 Å². The zero-order valence-electron chi connectivity index (χ0n) is 15.7. The number of nitrogens with zero attached hydrogens (tertiary/aromatic N) is 1. The van der Waals surface area contributed by atoms with Crippen LogP contribution in [0.3, 0.4) is 0 Å². The van der Waals surface area contributed by atoms with Crippen molar-refractivity contribution in [3.63, 3.8) is 0 Å². The number of hydrogen-bond donors (Lipinski definition) is 2. The number of benzene rings is 1. The Labute approximate surface area is 172 Å². The molecule has 27 heavy (non-hydrogen) atoms. The Balaban J connectivity index is 0.00000261. The van der Waals surface area contributed by atoms with Crippen LogP contribution < -0.4 is 15.5 Å². The standard InChI is InChI=1S/C20H28ClN3O2.ClH/c1-14(15-8-10-22-11-9-15)13-19(25)23-17-6-4-12-24(20(17)26)18-7-3-2-5-16(18)21;/h2-3,5,7,14-15,17,22H,4,6,8-13H2,1H3,(H,23,25);1H. The van der Waals surface area contributed by atoms with Gasteiger partial charge in [-0.1, -0.05) is 30.7 Å². The van der Waals surface area contributed by atoms with E-state index in [1.807, 2.05) is 18.2 Å². The van der Waals surface area contributed by atoms with Crippen molar-refractivity contribution in [2.75, 3.05) is 24.5 Å². The van der Waals surface area contributed by atoms with Gasteiger partial charge in [-0.3, -0.25) is 9.59 Å². The SMILES string of the molecule is CC(CC(=O)NC1CCCN(c2ccccc2Cl)C1=O)C1CCNCC1.Cl. The molecular formula is C20H29Cl2N3O2. The van der Waals surface area contributed by atoms with Gasteiger partial charge in [-0.2, -0.15) is 0 Å². The minimum absolute atomic E-state index is 0. The smallest absolute Gasteiger partial charge is 0.249 e. The summed E-state index contributed by atoms with van der Waals surface area (Å²) in [5.74, 6) is 0.849. The molecule has 0 spiro atoms. The Bertz CT molecular complexity index is 650. The fraction of sp³-hybridized carbons (Fsp3) is 0.600. The second-order valence-electron chi connectivity index (χ2n) is 7.47. The molecule has 150 valence electrons. The van der Waals surface area contributed by atoms with Gasteiger partial charge in [-0.15, -0.1) is 12.4 Å². The predicted molar refractivity (Wildman–Crippen MR) is 112 cm³/mol. The van der Waals surface area contributed by atoms with Crippen LogP contribution in [0.4, 0.5) is 5.69 Å². The molecule has 2 unspecified atom stereocenters. The third-order valence-electron chi connectivity index (χ3n) is 5.61. The van der Waals surface area contributed by atoms with E-state index in [2.05, 4.69) is 17.6 Å². The molecule has 5 nitrogen and oxygen atoms in total. The first kappa shape index (κ1) is 22.0. The van der Waals surface area contributed by atoms with E-state index in [1.54, 1.807) is 11.0 Å². The monoisotopic (exact) mass is 413 g/mol. The van der Waals surface area contributed by atoms with Crippen LogP contribution in [0.2, 0.25) is 5.02 Å². The summed E-state index contributed by atoms with van der Waals surface area (Å²) in [4.78, 5) is 27.0. The summed E-state index contributed by atoms with van der Waals surface area (Å²) in [5.41, 5.74) is 0.723. The van der Waals surface area contributed by atoms with Crippen LogP contribution in [0.25, 0.3) is 0 Å². The maximum absolute atomic E-state index is 12.8. The molecule has 0 aromatic heterocycles. The van der Waals surface area contributed by atoms with Gasteiger partial charge in [0.25, 0.3) is 0 Å². The second kappa shape index (κ2) is 10.3. The van der Waals surface area contributed by atoms with Crippen LogP contribution in [0, 0.1) is 11.8 Å². The summed E-state index contributed by atoms with van der Waals surface area (Å²) in [6, 6.07) is 6.91. The number of rotatable bonds is 5. The van der Waals surface area contributed by atoms with E-state index in [9.17, 15) is 9.59 Å². The third-order valence-corrected chi connectivity index (χ3v) is 5.93. The molecule has 2 saturated heterocycles. The maximum atomic E-state index is 12.8. The summed E-state index contributed by atoms with van der Waals surface area (Å²) < 4.78 is 0. The number of amides is 2. The average Bonchev–Trinajstić information content (AvgIpc) is 2.65. The minimum Gasteiger partial charge on any atom is -0.344 e. The number of para-hydroxylation sites is 1. The highest BCUT2D eigenvalue weighted by atomic mass is 35.5. The molecule has 0 bridgehead atoms. The number of nitrogens with one attached hydrogen (secondary N) is 2. The zero-order chi connectivity index (χ0) is 18.5. The number of carbonyl (C=O) groups is 2. The lowest BCUT2D eigenvalue weighted by Gasteiger charge is -2.33. The number of anilines is 1. The molecular weight excluding hydrogens is 385 g/mol. The van der Waals surface area contributed by atoms with Crippen molar-refractivity contribution in [3.8, 4) is 0 Å². The molecule has 2 N–H and O–H groups in total. The van der Waals surface area contributed by atoms with Gasteiger partial charge in [-0.05, 0) is 62.7 Å². The maximum Gasteiger partial charge on any atom is 0.249 e. The van der Waals surface area contributed by atoms with E-state index in [4.69, 9.17) is 11.6 Å². The van der Waals surface area contributed by atoms with Gasteiger partial charge in [0, 0.05) is 13.0 Å². The number of halogens is 2. The molecule has 0 saturated carbocycles. The molecule has 0 aliphatic carbocycles. The van der Waals surface area contributed by atoms with E-state index in [-0.39, 0.29) is 24.2 Å². The van der Waals surface area contributed by atoms with Gasteiger partial charge < -0.3 is 15.5 Å². The third kappa shape index (κ3) is 5.59. The average molecular weight is 414 g/mol. The van der Waals surface area contributed by atoms with Gasteiger partial charge in [0.15, 0.2) is 0 Å². The topological polar surface area (TPSA) is 61.4 Å². The van der Waals surface area contributed by atoms with Crippen LogP contribution >= 0.6 is 24.0 Å². The summed E-state index contributed by atoms with van der Waals surface area (Å²) in [7, 11) is 0. The summed E-state index contributed by atoms with van der Waals surface area (Å²) >= 11 is 6.24. The Morgan fingerprint density at radius 2 is 2.00 bits per heavy atom. The Kier molecular flexibility index (Phi) is 8.39. The molecule has 3 rings (SSSR count). The molecule has 0 radical (unpaired) electrons. The highest BCUT2D eigenvalue weighted by molar-refractivity contribution is 6.33. The van der Waals surface area contributed by atoms with Crippen molar-refractivity contribution in [1.82, 2.24) is 10.6 Å². The first-order valence-corrected chi connectivity index (χ1v) is 10.00. The number of piperidine rings is 2. The quantitative estimate of drug-likeness (QED) is 0.777. The van der Waals surface area contributed by atoms with Crippen molar-refractivity contribution in [1.29, 1.82) is 0 Å². The Morgan fingerprint density at radius 1 is 1.30 bits per heavy atom. The molecule has 2 amide bonds. The van der Waals surface area contributed by atoms with E-state index >= 15 is 0 Å². The van der Waals surface area contributed by atoms with Crippen LogP contribution in [0.5, 0.6) is 0 Å². The van der Waals surface area contributed by atoms with Crippen LogP contribution in [0.1, 0.15) is 39.0 Å². The lowest BCUT2D eigenvalue weighted by molar-refractivity contribution is -0.129. The van der Waals surface area contributed by atoms with Crippen molar-refractivity contribution in [2.24, 2.45) is 11.8 Å². The van der Waals surface area contributed by atoms with Crippen molar-refractivity contribution >= 4 is 41.5 Å². The molecule has 7 heteroatoms. The fourth-order valence-electron chi connectivity index (χ4n) is 4.04. The molecule has 2 aliphatic heterocycles. The molecule has 2 fully saturated rings. The van der Waals surface area contributed by atoms with Crippen LogP contribution in [0.15, 0.2) is 24.3 Å². The van der Waals surface area contributed by atoms with Crippen LogP contribution in [-0.2, 0) is 9.59 Å². The van der Waals surface area contributed by atoms with Gasteiger partial charge in [-0.25, -0.2) is 0 Å². The highest BCUT2D eigenvalue weighted by Gasteiger charge is 2.32. The Hall–Kier alpha value is -1.30. The molecule has 1 aromatic rings. The largest absolute Gasteiger partial charge is 0.344 e. The molecule has 2 heterocycles. The summed E-state index contributed by atoms with van der Waals surface area (Å²) in [6.07, 6.45) is 4.27. The first-order valence-electron chi connectivity index (χ1n) is 9.62. The van der Waals surface area contributed by atoms with Gasteiger partial charge >= 0.3 is 0 Å². The molecule has 2 aliphatic rings. The number of carbonyl (C=O) groups excluding carboxylic acids is 2. The van der Waals surface area contributed by atoms with E-state index < -0.39 is 6.04 Å². The lowest BCUT2D eigenvalue weighted by Crippen LogP contribution is -2.52. The summed E-state index contributed by atoms with van der Waals surface area (Å²) in [5, 5.41) is 6.89. The zero-order valence-corrected chi connectivity index (χ0v) is 17.3. The first-order chi connectivity index (χ1) is 12.6. The van der Waals surface area contributed by atoms with Gasteiger partial charge in [0.1, 0.15) is 6.04 Å². The number of hydrogen-bond acceptors (Lipinski definition) is 3. The van der Waals surface area contributed by atoms with Gasteiger partial charge in [0.05, 0.1) is 10.7 Å².